The standard InChI is InChI=1S/C15H26N2/c1-4-9-15(10-5-2,13-16-6-3)14-8-7-11-17-12-14/h7-8,11-12,16H,4-6,9-10,13H2,1-3H3. The minimum absolute atomic E-state index is 0.272. The fourth-order valence-electron chi connectivity index (χ4n) is 2.69. The number of rotatable bonds is 8. The van der Waals surface area contributed by atoms with Crippen LogP contribution in [0.5, 0.6) is 0 Å². The van der Waals surface area contributed by atoms with Crippen LogP contribution in [0.3, 0.4) is 0 Å². The first-order chi connectivity index (χ1) is 8.29. The Morgan fingerprint density at radius 2 is 1.88 bits per heavy atom. The number of likely N-dealkylation sites (N-methyl/N-ethyl adjacent to an activating group) is 1. The molecule has 0 bridgehead atoms. The van der Waals surface area contributed by atoms with Crippen LogP contribution in [0.15, 0.2) is 24.5 Å². The molecule has 1 aromatic heterocycles. The molecule has 0 unspecified atom stereocenters. The minimum atomic E-state index is 0.272. The van der Waals surface area contributed by atoms with Gasteiger partial charge < -0.3 is 5.32 Å². The highest BCUT2D eigenvalue weighted by Gasteiger charge is 2.29. The van der Waals surface area contributed by atoms with Crippen molar-refractivity contribution in [2.24, 2.45) is 0 Å². The largest absolute Gasteiger partial charge is 0.316 e. The lowest BCUT2D eigenvalue weighted by Gasteiger charge is -2.34. The van der Waals surface area contributed by atoms with E-state index in [1.165, 1.54) is 31.2 Å². The topological polar surface area (TPSA) is 24.9 Å². The fraction of sp³-hybridized carbons (Fsp3) is 0.667. The molecule has 0 spiro atoms. The van der Waals surface area contributed by atoms with E-state index in [1.807, 2.05) is 12.4 Å². The van der Waals surface area contributed by atoms with Gasteiger partial charge in [0.2, 0.25) is 0 Å². The normalized spacial score (nSPS) is 11.7. The summed E-state index contributed by atoms with van der Waals surface area (Å²) in [5.41, 5.74) is 1.66. The summed E-state index contributed by atoms with van der Waals surface area (Å²) >= 11 is 0. The molecule has 0 fully saturated rings. The molecular formula is C15H26N2. The Morgan fingerprint density at radius 1 is 1.18 bits per heavy atom. The van der Waals surface area contributed by atoms with Gasteiger partial charge in [0, 0.05) is 24.4 Å². The molecule has 0 amide bonds. The van der Waals surface area contributed by atoms with Gasteiger partial charge in [0.15, 0.2) is 0 Å². The number of aromatic nitrogens is 1. The summed E-state index contributed by atoms with van der Waals surface area (Å²) in [7, 11) is 0. The van der Waals surface area contributed by atoms with Crippen LogP contribution in [0.25, 0.3) is 0 Å². The van der Waals surface area contributed by atoms with Crippen LogP contribution in [0.1, 0.15) is 52.0 Å². The number of nitrogens with zero attached hydrogens (tertiary/aromatic N) is 1. The first-order valence-electron chi connectivity index (χ1n) is 6.90. The lowest BCUT2D eigenvalue weighted by Crippen LogP contribution is -2.38. The Hall–Kier alpha value is -0.890. The highest BCUT2D eigenvalue weighted by Crippen LogP contribution is 2.33. The van der Waals surface area contributed by atoms with E-state index in [0.717, 1.165) is 13.1 Å². The van der Waals surface area contributed by atoms with Crippen LogP contribution < -0.4 is 5.32 Å². The summed E-state index contributed by atoms with van der Waals surface area (Å²) in [6.45, 7) is 8.82. The van der Waals surface area contributed by atoms with Gasteiger partial charge in [-0.3, -0.25) is 4.98 Å². The van der Waals surface area contributed by atoms with Crippen LogP contribution in [0.4, 0.5) is 0 Å². The van der Waals surface area contributed by atoms with Crippen LogP contribution in [0.2, 0.25) is 0 Å². The Labute approximate surface area is 106 Å². The molecule has 0 aliphatic heterocycles. The quantitative estimate of drug-likeness (QED) is 0.744. The molecule has 0 aromatic carbocycles. The van der Waals surface area contributed by atoms with E-state index >= 15 is 0 Å². The van der Waals surface area contributed by atoms with Gasteiger partial charge in [0.25, 0.3) is 0 Å². The smallest absolute Gasteiger partial charge is 0.0306 e. The van der Waals surface area contributed by atoms with E-state index in [2.05, 4.69) is 43.2 Å². The van der Waals surface area contributed by atoms with E-state index in [4.69, 9.17) is 0 Å². The molecule has 0 radical (unpaired) electrons. The molecule has 1 heterocycles. The van der Waals surface area contributed by atoms with Crippen LogP contribution in [-0.2, 0) is 5.41 Å². The van der Waals surface area contributed by atoms with Crippen molar-refractivity contribution in [3.8, 4) is 0 Å². The van der Waals surface area contributed by atoms with Crippen LogP contribution >= 0.6 is 0 Å². The van der Waals surface area contributed by atoms with Crippen molar-refractivity contribution in [3.63, 3.8) is 0 Å². The predicted molar refractivity (Wildman–Crippen MR) is 74.3 cm³/mol. The third-order valence-corrected chi connectivity index (χ3v) is 3.44. The summed E-state index contributed by atoms with van der Waals surface area (Å²) in [5.74, 6) is 0. The molecule has 1 aromatic rings. The van der Waals surface area contributed by atoms with Gasteiger partial charge in [-0.2, -0.15) is 0 Å². The molecule has 0 saturated heterocycles. The van der Waals surface area contributed by atoms with Crippen LogP contribution in [-0.4, -0.2) is 18.1 Å². The predicted octanol–water partition coefficient (Wildman–Crippen LogP) is 3.53. The third-order valence-electron chi connectivity index (χ3n) is 3.44. The monoisotopic (exact) mass is 234 g/mol. The van der Waals surface area contributed by atoms with Crippen LogP contribution in [0, 0.1) is 0 Å². The fourth-order valence-corrected chi connectivity index (χ4v) is 2.69. The minimum Gasteiger partial charge on any atom is -0.316 e. The molecule has 96 valence electrons. The molecule has 17 heavy (non-hydrogen) atoms. The lowest BCUT2D eigenvalue weighted by molar-refractivity contribution is 0.337. The Morgan fingerprint density at radius 3 is 2.35 bits per heavy atom. The molecule has 0 atom stereocenters. The molecule has 1 N–H and O–H groups in total. The number of pyridine rings is 1. The maximum atomic E-state index is 4.30. The first kappa shape index (κ1) is 14.2. The summed E-state index contributed by atoms with van der Waals surface area (Å²) in [5, 5.41) is 3.53. The maximum absolute atomic E-state index is 4.30. The van der Waals surface area contributed by atoms with Crippen molar-refractivity contribution >= 4 is 0 Å². The van der Waals surface area contributed by atoms with Gasteiger partial charge in [0.1, 0.15) is 0 Å². The molecule has 2 nitrogen and oxygen atoms in total. The average Bonchev–Trinajstić information content (AvgIpc) is 2.37. The summed E-state index contributed by atoms with van der Waals surface area (Å²) in [4.78, 5) is 4.30. The van der Waals surface area contributed by atoms with Gasteiger partial charge >= 0.3 is 0 Å². The average molecular weight is 234 g/mol. The van der Waals surface area contributed by atoms with E-state index in [9.17, 15) is 0 Å². The Kier molecular flexibility index (Phi) is 6.20. The second-order valence-corrected chi connectivity index (χ2v) is 4.80. The number of nitrogens with one attached hydrogen (secondary N) is 1. The summed E-state index contributed by atoms with van der Waals surface area (Å²) in [6, 6.07) is 4.29. The second-order valence-electron chi connectivity index (χ2n) is 4.80. The number of hydrogen-bond donors (Lipinski definition) is 1. The molecule has 2 heteroatoms. The van der Waals surface area contributed by atoms with Gasteiger partial charge in [-0.15, -0.1) is 0 Å². The van der Waals surface area contributed by atoms with Gasteiger partial charge in [-0.1, -0.05) is 39.7 Å². The summed E-state index contributed by atoms with van der Waals surface area (Å²) < 4.78 is 0. The third kappa shape index (κ3) is 3.81. The molecule has 0 aliphatic rings. The number of hydrogen-bond acceptors (Lipinski definition) is 2. The SMILES string of the molecule is CCCC(CCC)(CNCC)c1cccnc1. The van der Waals surface area contributed by atoms with E-state index < -0.39 is 0 Å². The summed E-state index contributed by atoms with van der Waals surface area (Å²) in [6.07, 6.45) is 8.82. The molecule has 1 rings (SSSR count). The maximum Gasteiger partial charge on any atom is 0.0306 e. The van der Waals surface area contributed by atoms with Crippen molar-refractivity contribution in [1.82, 2.24) is 10.3 Å². The zero-order valence-electron chi connectivity index (χ0n) is 11.5. The molecule has 0 aliphatic carbocycles. The van der Waals surface area contributed by atoms with Crippen molar-refractivity contribution in [1.29, 1.82) is 0 Å². The highest BCUT2D eigenvalue weighted by atomic mass is 14.9. The van der Waals surface area contributed by atoms with Crippen molar-refractivity contribution in [2.45, 2.75) is 51.9 Å². The van der Waals surface area contributed by atoms with E-state index in [-0.39, 0.29) is 5.41 Å². The van der Waals surface area contributed by atoms with E-state index in [1.54, 1.807) is 0 Å². The lowest BCUT2D eigenvalue weighted by atomic mass is 9.74. The molecule has 0 saturated carbocycles. The van der Waals surface area contributed by atoms with Crippen molar-refractivity contribution < 1.29 is 0 Å². The van der Waals surface area contributed by atoms with Crippen molar-refractivity contribution in [3.05, 3.63) is 30.1 Å². The van der Waals surface area contributed by atoms with E-state index in [0.29, 0.717) is 0 Å². The second kappa shape index (κ2) is 7.44. The highest BCUT2D eigenvalue weighted by molar-refractivity contribution is 5.22. The molecular weight excluding hydrogens is 208 g/mol. The van der Waals surface area contributed by atoms with Crippen molar-refractivity contribution in [2.75, 3.05) is 13.1 Å². The van der Waals surface area contributed by atoms with Gasteiger partial charge in [-0.05, 0) is 31.0 Å². The van der Waals surface area contributed by atoms with Gasteiger partial charge in [-0.25, -0.2) is 0 Å². The van der Waals surface area contributed by atoms with Gasteiger partial charge in [0.05, 0.1) is 0 Å². The first-order valence-corrected chi connectivity index (χ1v) is 6.90. The zero-order chi connectivity index (χ0) is 12.6. The Bertz CT molecular complexity index is 289. The Balaban J connectivity index is 2.95. The zero-order valence-corrected chi connectivity index (χ0v) is 11.5.